The van der Waals surface area contributed by atoms with Crippen molar-refractivity contribution in [2.45, 2.75) is 44.2 Å². The summed E-state index contributed by atoms with van der Waals surface area (Å²) in [6.07, 6.45) is -0.831. The molecule has 0 aromatic carbocycles. The summed E-state index contributed by atoms with van der Waals surface area (Å²) in [6, 6.07) is 0. The molecular formula is C11H15NO5. The maximum absolute atomic E-state index is 5.86. The molecule has 0 aliphatic carbocycles. The van der Waals surface area contributed by atoms with Gasteiger partial charge in [-0.2, -0.15) is 0 Å². The van der Waals surface area contributed by atoms with Crippen LogP contribution in [-0.4, -0.2) is 49.3 Å². The summed E-state index contributed by atoms with van der Waals surface area (Å²) in [7, 11) is 0. The van der Waals surface area contributed by atoms with Crippen molar-refractivity contribution in [2.24, 2.45) is 11.1 Å². The van der Waals surface area contributed by atoms with Gasteiger partial charge in [0.2, 0.25) is 0 Å². The highest BCUT2D eigenvalue weighted by Gasteiger charge is 2.59. The highest BCUT2D eigenvalue weighted by Crippen LogP contribution is 2.42. The quantitative estimate of drug-likeness (QED) is 0.609. The van der Waals surface area contributed by atoms with E-state index < -0.39 is 5.79 Å². The lowest BCUT2D eigenvalue weighted by Crippen LogP contribution is -2.48. The number of ether oxygens (including phenoxy) is 4. The molecule has 5 atom stereocenters. The standard InChI is InChI=1S/C11H15NO5/c1-11(2)16-9-8-7(15-10(9)17-11)6-5(3-13-8)4-14-12-6/h5,7-10H,3-4H2,1-2H3/t5?,7-,8+,9-,10-/m1/s1. The van der Waals surface area contributed by atoms with Gasteiger partial charge in [-0.15, -0.1) is 0 Å². The third-order valence-corrected chi connectivity index (χ3v) is 3.64. The molecule has 4 aliphatic rings. The summed E-state index contributed by atoms with van der Waals surface area (Å²) < 4.78 is 23.2. The SMILES string of the molecule is CC1(C)O[C@H]2O[C@@H]3C4=NOCC4CO[C@@H]3[C@H]2O1. The van der Waals surface area contributed by atoms with Crippen molar-refractivity contribution < 1.29 is 23.8 Å². The molecule has 0 aromatic heterocycles. The number of fused-ring (bicyclic) bond motifs is 5. The van der Waals surface area contributed by atoms with Gasteiger partial charge in [-0.3, -0.25) is 0 Å². The zero-order valence-electron chi connectivity index (χ0n) is 9.79. The molecule has 3 fully saturated rings. The van der Waals surface area contributed by atoms with Crippen LogP contribution < -0.4 is 0 Å². The summed E-state index contributed by atoms with van der Waals surface area (Å²) in [5.74, 6) is -0.378. The van der Waals surface area contributed by atoms with E-state index in [4.69, 9.17) is 23.8 Å². The molecule has 1 unspecified atom stereocenters. The Balaban J connectivity index is 1.61. The second-order valence-corrected chi connectivity index (χ2v) is 5.33. The van der Waals surface area contributed by atoms with E-state index in [1.54, 1.807) is 0 Å². The van der Waals surface area contributed by atoms with Gasteiger partial charge < -0.3 is 23.8 Å². The van der Waals surface area contributed by atoms with Crippen molar-refractivity contribution in [3.05, 3.63) is 0 Å². The third kappa shape index (κ3) is 1.38. The first-order chi connectivity index (χ1) is 8.14. The summed E-state index contributed by atoms with van der Waals surface area (Å²) >= 11 is 0. The zero-order valence-corrected chi connectivity index (χ0v) is 9.79. The molecule has 6 nitrogen and oxygen atoms in total. The minimum Gasteiger partial charge on any atom is -0.395 e. The van der Waals surface area contributed by atoms with E-state index in [0.717, 1.165) is 5.71 Å². The van der Waals surface area contributed by atoms with Gasteiger partial charge >= 0.3 is 0 Å². The van der Waals surface area contributed by atoms with Crippen LogP contribution in [0.3, 0.4) is 0 Å². The first kappa shape index (κ1) is 10.3. The second kappa shape index (κ2) is 3.20. The molecule has 4 rings (SSSR count). The smallest absolute Gasteiger partial charge is 0.190 e. The molecule has 0 aromatic rings. The van der Waals surface area contributed by atoms with Crippen molar-refractivity contribution in [1.29, 1.82) is 0 Å². The monoisotopic (exact) mass is 241 g/mol. The Morgan fingerprint density at radius 3 is 2.94 bits per heavy atom. The molecule has 0 bridgehead atoms. The Labute approximate surface area is 98.8 Å². The summed E-state index contributed by atoms with van der Waals surface area (Å²) in [5, 5.41) is 4.06. The molecule has 0 radical (unpaired) electrons. The number of oxime groups is 1. The van der Waals surface area contributed by atoms with Crippen LogP contribution in [0.2, 0.25) is 0 Å². The van der Waals surface area contributed by atoms with Crippen LogP contribution in [0.5, 0.6) is 0 Å². The first-order valence-corrected chi connectivity index (χ1v) is 5.96. The Morgan fingerprint density at radius 2 is 2.06 bits per heavy atom. The molecule has 4 aliphatic heterocycles. The van der Waals surface area contributed by atoms with Gasteiger partial charge in [-0.1, -0.05) is 5.16 Å². The lowest BCUT2D eigenvalue weighted by atomic mass is 9.93. The molecule has 0 N–H and O–H groups in total. The van der Waals surface area contributed by atoms with Crippen LogP contribution in [0.4, 0.5) is 0 Å². The van der Waals surface area contributed by atoms with Gasteiger partial charge in [0.05, 0.1) is 18.2 Å². The predicted molar refractivity (Wildman–Crippen MR) is 55.3 cm³/mol. The Morgan fingerprint density at radius 1 is 1.18 bits per heavy atom. The maximum atomic E-state index is 5.86. The summed E-state index contributed by atoms with van der Waals surface area (Å²) in [4.78, 5) is 5.11. The Hall–Kier alpha value is -0.690. The average molecular weight is 241 g/mol. The van der Waals surface area contributed by atoms with Crippen molar-refractivity contribution in [1.82, 2.24) is 0 Å². The van der Waals surface area contributed by atoms with Crippen LogP contribution in [0.15, 0.2) is 5.16 Å². The van der Waals surface area contributed by atoms with Gasteiger partial charge in [0, 0.05) is 0 Å². The number of rotatable bonds is 0. The van der Waals surface area contributed by atoms with Gasteiger partial charge in [0.25, 0.3) is 0 Å². The molecular weight excluding hydrogens is 226 g/mol. The lowest BCUT2D eigenvalue weighted by Gasteiger charge is -2.31. The highest BCUT2D eigenvalue weighted by molar-refractivity contribution is 5.93. The number of hydrogen-bond acceptors (Lipinski definition) is 6. The molecule has 17 heavy (non-hydrogen) atoms. The molecule has 6 heteroatoms. The maximum Gasteiger partial charge on any atom is 0.190 e. The normalized spacial score (nSPS) is 50.2. The molecule has 4 heterocycles. The van der Waals surface area contributed by atoms with Crippen molar-refractivity contribution in [3.8, 4) is 0 Å². The van der Waals surface area contributed by atoms with Gasteiger partial charge in [0.1, 0.15) is 24.9 Å². The van der Waals surface area contributed by atoms with Crippen molar-refractivity contribution in [2.75, 3.05) is 13.2 Å². The number of nitrogens with zero attached hydrogens (tertiary/aromatic N) is 1. The van der Waals surface area contributed by atoms with E-state index in [9.17, 15) is 0 Å². The van der Waals surface area contributed by atoms with Gasteiger partial charge in [0.15, 0.2) is 12.1 Å². The van der Waals surface area contributed by atoms with Crippen LogP contribution in [0.25, 0.3) is 0 Å². The Kier molecular flexibility index (Phi) is 1.93. The third-order valence-electron chi connectivity index (χ3n) is 3.64. The van der Waals surface area contributed by atoms with Crippen LogP contribution in [-0.2, 0) is 23.8 Å². The fraction of sp³-hybridized carbons (Fsp3) is 0.909. The minimum absolute atomic E-state index is 0.126. The predicted octanol–water partition coefficient (Wildman–Crippen LogP) is 0.264. The van der Waals surface area contributed by atoms with E-state index in [0.29, 0.717) is 13.2 Å². The minimum atomic E-state index is -0.603. The van der Waals surface area contributed by atoms with Crippen molar-refractivity contribution in [3.63, 3.8) is 0 Å². The molecule has 3 saturated heterocycles. The molecule has 0 amide bonds. The van der Waals surface area contributed by atoms with Gasteiger partial charge in [-0.05, 0) is 13.8 Å². The van der Waals surface area contributed by atoms with E-state index >= 15 is 0 Å². The van der Waals surface area contributed by atoms with Crippen LogP contribution in [0.1, 0.15) is 13.8 Å². The topological polar surface area (TPSA) is 58.5 Å². The van der Waals surface area contributed by atoms with Gasteiger partial charge in [-0.25, -0.2) is 0 Å². The highest BCUT2D eigenvalue weighted by atomic mass is 16.8. The van der Waals surface area contributed by atoms with Crippen LogP contribution >= 0.6 is 0 Å². The van der Waals surface area contributed by atoms with E-state index in [1.807, 2.05) is 13.8 Å². The summed E-state index contributed by atoms with van der Waals surface area (Å²) in [5.41, 5.74) is 0.945. The van der Waals surface area contributed by atoms with Crippen LogP contribution in [0, 0.1) is 5.92 Å². The number of hydrogen-bond donors (Lipinski definition) is 0. The first-order valence-electron chi connectivity index (χ1n) is 5.96. The zero-order chi connectivity index (χ0) is 11.6. The lowest BCUT2D eigenvalue weighted by molar-refractivity contribution is -0.213. The van der Waals surface area contributed by atoms with Crippen molar-refractivity contribution >= 4 is 5.71 Å². The fourth-order valence-electron chi connectivity index (χ4n) is 2.91. The molecule has 0 spiro atoms. The molecule has 0 saturated carbocycles. The van der Waals surface area contributed by atoms with E-state index in [2.05, 4.69) is 5.16 Å². The van der Waals surface area contributed by atoms with E-state index in [1.165, 1.54) is 0 Å². The fourth-order valence-corrected chi connectivity index (χ4v) is 2.91. The largest absolute Gasteiger partial charge is 0.395 e. The second-order valence-electron chi connectivity index (χ2n) is 5.33. The Bertz CT molecular complexity index is 382. The molecule has 94 valence electrons. The summed E-state index contributed by atoms with van der Waals surface area (Å²) in [6.45, 7) is 4.97. The average Bonchev–Trinajstić information content (AvgIpc) is 2.88. The van der Waals surface area contributed by atoms with E-state index in [-0.39, 0.29) is 30.5 Å².